The number of nitrogens with one attached hydrogen (secondary N) is 1. The smallest absolute Gasteiger partial charge is 0.264 e. The monoisotopic (exact) mass is 480 g/mol. The Morgan fingerprint density at radius 2 is 1.56 bits per heavy atom. The molecule has 7 heteroatoms. The van der Waals surface area contributed by atoms with Crippen LogP contribution in [-0.2, 0) is 14.8 Å². The normalized spacial score (nSPS) is 12.1. The fraction of sp³-hybridized carbons (Fsp3) is 0.296. The maximum absolute atomic E-state index is 13.6. The van der Waals surface area contributed by atoms with Gasteiger partial charge in [0.05, 0.1) is 16.6 Å². The van der Waals surface area contributed by atoms with Crippen LogP contribution in [0.4, 0.5) is 5.69 Å². The lowest BCUT2D eigenvalue weighted by Crippen LogP contribution is -2.45. The van der Waals surface area contributed by atoms with Gasteiger partial charge in [0.15, 0.2) is 0 Å². The Kier molecular flexibility index (Phi) is 7.99. The minimum absolute atomic E-state index is 0.141. The zero-order valence-corrected chi connectivity index (χ0v) is 21.1. The van der Waals surface area contributed by atoms with Gasteiger partial charge in [-0.25, -0.2) is 8.42 Å². The number of hydrogen-bond acceptors (Lipinski definition) is 4. The van der Waals surface area contributed by atoms with Gasteiger partial charge >= 0.3 is 0 Å². The highest BCUT2D eigenvalue weighted by atomic mass is 32.2. The first-order valence-corrected chi connectivity index (χ1v) is 12.7. The van der Waals surface area contributed by atoms with Gasteiger partial charge in [-0.3, -0.25) is 9.10 Å². The number of benzene rings is 3. The summed E-state index contributed by atoms with van der Waals surface area (Å²) in [6, 6.07) is 19.6. The largest absolute Gasteiger partial charge is 0.491 e. The molecule has 1 atom stereocenters. The van der Waals surface area contributed by atoms with Crippen molar-refractivity contribution in [2.24, 2.45) is 0 Å². The molecule has 0 radical (unpaired) electrons. The number of para-hydroxylation sites is 1. The molecule has 1 N–H and O–H groups in total. The second kappa shape index (κ2) is 10.7. The van der Waals surface area contributed by atoms with Crippen molar-refractivity contribution in [1.29, 1.82) is 0 Å². The maximum Gasteiger partial charge on any atom is 0.264 e. The molecule has 3 rings (SSSR count). The number of ether oxygens (including phenoxy) is 1. The Balaban J connectivity index is 1.81. The summed E-state index contributed by atoms with van der Waals surface area (Å²) >= 11 is 0. The number of sulfonamides is 1. The van der Waals surface area contributed by atoms with E-state index in [0.29, 0.717) is 5.69 Å². The van der Waals surface area contributed by atoms with Crippen LogP contribution in [0.3, 0.4) is 0 Å². The van der Waals surface area contributed by atoms with Gasteiger partial charge < -0.3 is 10.1 Å². The van der Waals surface area contributed by atoms with Crippen LogP contribution in [0.2, 0.25) is 0 Å². The number of anilines is 1. The number of carbonyl (C=O) groups is 1. The Hall–Kier alpha value is -3.32. The molecule has 0 bridgehead atoms. The van der Waals surface area contributed by atoms with Crippen molar-refractivity contribution in [1.82, 2.24) is 5.32 Å². The predicted octanol–water partition coefficient (Wildman–Crippen LogP) is 4.70. The lowest BCUT2D eigenvalue weighted by molar-refractivity contribution is -0.120. The molecular formula is C27H32N2O4S. The number of hydrogen-bond donors (Lipinski definition) is 1. The summed E-state index contributed by atoms with van der Waals surface area (Å²) in [6.07, 6.45) is 0. The summed E-state index contributed by atoms with van der Waals surface area (Å²) in [5.74, 6) is 0.347. The van der Waals surface area contributed by atoms with Crippen LogP contribution in [0.1, 0.15) is 29.2 Å². The van der Waals surface area contributed by atoms with Crippen LogP contribution < -0.4 is 14.4 Å². The third-order valence-corrected chi connectivity index (χ3v) is 7.29. The third-order valence-electron chi connectivity index (χ3n) is 5.52. The van der Waals surface area contributed by atoms with Crippen molar-refractivity contribution in [3.63, 3.8) is 0 Å². The van der Waals surface area contributed by atoms with Gasteiger partial charge in [0.25, 0.3) is 10.0 Å². The first-order valence-electron chi connectivity index (χ1n) is 11.2. The molecule has 0 aromatic heterocycles. The molecule has 3 aromatic carbocycles. The lowest BCUT2D eigenvalue weighted by Gasteiger charge is -2.27. The Labute approximate surface area is 202 Å². The van der Waals surface area contributed by atoms with Crippen LogP contribution in [0.15, 0.2) is 71.6 Å². The van der Waals surface area contributed by atoms with E-state index in [1.54, 1.807) is 30.3 Å². The molecule has 0 saturated carbocycles. The predicted molar refractivity (Wildman–Crippen MR) is 136 cm³/mol. The zero-order valence-electron chi connectivity index (χ0n) is 20.3. The summed E-state index contributed by atoms with van der Waals surface area (Å²) in [7, 11) is -3.96. The van der Waals surface area contributed by atoms with Crippen LogP contribution in [0, 0.1) is 27.7 Å². The van der Waals surface area contributed by atoms with Gasteiger partial charge in [-0.05, 0) is 75.6 Å². The van der Waals surface area contributed by atoms with E-state index in [1.807, 2.05) is 71.0 Å². The summed E-state index contributed by atoms with van der Waals surface area (Å²) in [4.78, 5) is 13.1. The van der Waals surface area contributed by atoms with E-state index in [1.165, 1.54) is 4.31 Å². The summed E-state index contributed by atoms with van der Waals surface area (Å²) < 4.78 is 34.2. The molecule has 0 saturated heterocycles. The number of nitrogens with zero attached hydrogens (tertiary/aromatic N) is 1. The fourth-order valence-electron chi connectivity index (χ4n) is 3.55. The molecule has 0 aliphatic rings. The molecule has 1 unspecified atom stereocenters. The molecule has 0 spiro atoms. The molecule has 0 fully saturated rings. The number of aryl methyl sites for hydroxylation is 4. The summed E-state index contributed by atoms with van der Waals surface area (Å²) in [5.41, 5.74) is 4.12. The number of rotatable bonds is 9. The highest BCUT2D eigenvalue weighted by Gasteiger charge is 2.28. The topological polar surface area (TPSA) is 75.7 Å². The van der Waals surface area contributed by atoms with E-state index in [-0.39, 0.29) is 24.1 Å². The van der Waals surface area contributed by atoms with Crippen LogP contribution in [-0.4, -0.2) is 33.5 Å². The molecule has 0 aliphatic carbocycles. The maximum atomic E-state index is 13.6. The highest BCUT2D eigenvalue weighted by molar-refractivity contribution is 7.92. The standard InChI is InChI=1S/C27H32N2O4S/c1-19-11-14-24(15-12-19)34(31,32)29(25-16-20(2)10-13-21(25)3)17-27(30)28-23(5)18-33-26-9-7-6-8-22(26)4/h6-16,23H,17-18H2,1-5H3,(H,28,30). The van der Waals surface area contributed by atoms with Crippen molar-refractivity contribution in [2.45, 2.75) is 45.6 Å². The minimum Gasteiger partial charge on any atom is -0.491 e. The van der Waals surface area contributed by atoms with E-state index in [2.05, 4.69) is 5.32 Å². The molecule has 0 heterocycles. The minimum atomic E-state index is -3.96. The first-order chi connectivity index (χ1) is 16.1. The molecule has 34 heavy (non-hydrogen) atoms. The van der Waals surface area contributed by atoms with Crippen LogP contribution >= 0.6 is 0 Å². The van der Waals surface area contributed by atoms with Gasteiger partial charge in [0, 0.05) is 0 Å². The lowest BCUT2D eigenvalue weighted by atomic mass is 10.1. The van der Waals surface area contributed by atoms with E-state index in [9.17, 15) is 13.2 Å². The zero-order chi connectivity index (χ0) is 24.9. The van der Waals surface area contributed by atoms with Crippen LogP contribution in [0.25, 0.3) is 0 Å². The third kappa shape index (κ3) is 6.17. The Morgan fingerprint density at radius 3 is 2.24 bits per heavy atom. The van der Waals surface area contributed by atoms with Crippen molar-refractivity contribution in [3.05, 3.63) is 89.0 Å². The van der Waals surface area contributed by atoms with Gasteiger partial charge in [-0.15, -0.1) is 0 Å². The van der Waals surface area contributed by atoms with Crippen molar-refractivity contribution in [2.75, 3.05) is 17.5 Å². The van der Waals surface area contributed by atoms with Gasteiger partial charge in [-0.1, -0.05) is 48.0 Å². The molecular weight excluding hydrogens is 448 g/mol. The van der Waals surface area contributed by atoms with Crippen molar-refractivity contribution >= 4 is 21.6 Å². The fourth-order valence-corrected chi connectivity index (χ4v) is 5.03. The Morgan fingerprint density at radius 1 is 0.912 bits per heavy atom. The second-order valence-electron chi connectivity index (χ2n) is 8.66. The van der Waals surface area contributed by atoms with E-state index >= 15 is 0 Å². The molecule has 180 valence electrons. The van der Waals surface area contributed by atoms with Gasteiger partial charge in [0.1, 0.15) is 18.9 Å². The number of carbonyl (C=O) groups excluding carboxylic acids is 1. The van der Waals surface area contributed by atoms with E-state index in [0.717, 1.165) is 28.0 Å². The summed E-state index contributed by atoms with van der Waals surface area (Å²) in [6.45, 7) is 9.34. The van der Waals surface area contributed by atoms with Gasteiger partial charge in [0.2, 0.25) is 5.91 Å². The molecule has 6 nitrogen and oxygen atoms in total. The molecule has 1 amide bonds. The second-order valence-corrected chi connectivity index (χ2v) is 10.5. The average Bonchev–Trinajstić information content (AvgIpc) is 2.79. The average molecular weight is 481 g/mol. The molecule has 3 aromatic rings. The quantitative estimate of drug-likeness (QED) is 0.482. The number of amides is 1. The van der Waals surface area contributed by atoms with E-state index in [4.69, 9.17) is 4.74 Å². The molecule has 0 aliphatic heterocycles. The first kappa shape index (κ1) is 25.3. The SMILES string of the molecule is Cc1ccc(S(=O)(=O)N(CC(=O)NC(C)COc2ccccc2C)c2cc(C)ccc2C)cc1. The highest BCUT2D eigenvalue weighted by Crippen LogP contribution is 2.28. The van der Waals surface area contributed by atoms with Gasteiger partial charge in [-0.2, -0.15) is 0 Å². The van der Waals surface area contributed by atoms with Crippen molar-refractivity contribution in [3.8, 4) is 5.75 Å². The van der Waals surface area contributed by atoms with Crippen LogP contribution in [0.5, 0.6) is 5.75 Å². The van der Waals surface area contributed by atoms with E-state index < -0.39 is 15.9 Å². The van der Waals surface area contributed by atoms with Crippen molar-refractivity contribution < 1.29 is 17.9 Å². The summed E-state index contributed by atoms with van der Waals surface area (Å²) in [5, 5.41) is 2.87. The Bertz CT molecular complexity index is 1250.